The highest BCUT2D eigenvalue weighted by Crippen LogP contribution is 2.43. The van der Waals surface area contributed by atoms with Gasteiger partial charge in [-0.3, -0.25) is 9.59 Å². The van der Waals surface area contributed by atoms with Crippen LogP contribution >= 0.6 is 0 Å². The third kappa shape index (κ3) is 3.24. The molecule has 3 aliphatic rings. The van der Waals surface area contributed by atoms with E-state index in [2.05, 4.69) is 10.6 Å². The highest BCUT2D eigenvalue weighted by molar-refractivity contribution is 5.99. The van der Waals surface area contributed by atoms with E-state index in [0.29, 0.717) is 36.1 Å². The van der Waals surface area contributed by atoms with Crippen molar-refractivity contribution in [3.63, 3.8) is 0 Å². The maximum absolute atomic E-state index is 12.9. The minimum Gasteiger partial charge on any atom is -0.486 e. The van der Waals surface area contributed by atoms with Gasteiger partial charge in [-0.05, 0) is 54.7 Å². The number of anilines is 1. The minimum atomic E-state index is -0.197. The lowest BCUT2D eigenvalue weighted by atomic mass is 10.0. The molecule has 7 heteroatoms. The number of benzene rings is 2. The van der Waals surface area contributed by atoms with Crippen molar-refractivity contribution >= 4 is 17.5 Å². The Morgan fingerprint density at radius 3 is 2.64 bits per heavy atom. The highest BCUT2D eigenvalue weighted by atomic mass is 16.6. The summed E-state index contributed by atoms with van der Waals surface area (Å²) in [6.07, 6.45) is 2.16. The molecule has 1 fully saturated rings. The first-order valence-electron chi connectivity index (χ1n) is 9.44. The third-order valence-corrected chi connectivity index (χ3v) is 5.18. The molecule has 1 unspecified atom stereocenters. The van der Waals surface area contributed by atoms with Crippen molar-refractivity contribution in [2.24, 2.45) is 5.92 Å². The molecule has 1 atom stereocenters. The zero-order valence-electron chi connectivity index (χ0n) is 15.2. The molecule has 0 aromatic heterocycles. The molecule has 2 aromatic carbocycles. The molecular weight excluding hydrogens is 360 g/mol. The van der Waals surface area contributed by atoms with Gasteiger partial charge in [-0.2, -0.15) is 0 Å². The summed E-state index contributed by atoms with van der Waals surface area (Å²) in [5.74, 6) is 2.02. The monoisotopic (exact) mass is 380 g/mol. The summed E-state index contributed by atoms with van der Waals surface area (Å²) in [5, 5.41) is 5.88. The van der Waals surface area contributed by atoms with E-state index in [9.17, 15) is 9.59 Å². The molecular formula is C21H20N2O5. The minimum absolute atomic E-state index is 0.0417. The van der Waals surface area contributed by atoms with E-state index in [4.69, 9.17) is 14.2 Å². The SMILES string of the molecule is O=C1COc2cc(C(=O)NC(c3ccc4c(c3)OCCO4)C3CC3)ccc2N1. The molecule has 1 saturated carbocycles. The fourth-order valence-electron chi connectivity index (χ4n) is 3.60. The number of hydrogen-bond acceptors (Lipinski definition) is 5. The average molecular weight is 380 g/mol. The van der Waals surface area contributed by atoms with Crippen LogP contribution in [0.3, 0.4) is 0 Å². The lowest BCUT2D eigenvalue weighted by Crippen LogP contribution is -2.30. The van der Waals surface area contributed by atoms with Gasteiger partial charge >= 0.3 is 0 Å². The zero-order chi connectivity index (χ0) is 19.1. The first-order valence-corrected chi connectivity index (χ1v) is 9.44. The second-order valence-electron chi connectivity index (χ2n) is 7.24. The topological polar surface area (TPSA) is 85.9 Å². The summed E-state index contributed by atoms with van der Waals surface area (Å²) in [6.45, 7) is 1.04. The van der Waals surface area contributed by atoms with Gasteiger partial charge in [0.15, 0.2) is 18.1 Å². The number of ether oxygens (including phenoxy) is 3. The molecule has 0 spiro atoms. The van der Waals surface area contributed by atoms with Gasteiger partial charge in [0.25, 0.3) is 11.8 Å². The molecule has 2 heterocycles. The number of nitrogens with one attached hydrogen (secondary N) is 2. The normalized spacial score (nSPS) is 18.4. The number of hydrogen-bond donors (Lipinski definition) is 2. The van der Waals surface area contributed by atoms with Crippen molar-refractivity contribution in [3.05, 3.63) is 47.5 Å². The Balaban J connectivity index is 1.37. The van der Waals surface area contributed by atoms with E-state index in [1.807, 2.05) is 18.2 Å². The Kier molecular flexibility index (Phi) is 4.07. The lowest BCUT2D eigenvalue weighted by Gasteiger charge is -2.23. The van der Waals surface area contributed by atoms with Crippen LogP contribution in [0.1, 0.15) is 34.8 Å². The van der Waals surface area contributed by atoms with Crippen molar-refractivity contribution in [2.75, 3.05) is 25.1 Å². The summed E-state index contributed by atoms with van der Waals surface area (Å²) in [5.41, 5.74) is 2.10. The van der Waals surface area contributed by atoms with Gasteiger partial charge in [0.05, 0.1) is 11.7 Å². The van der Waals surface area contributed by atoms with Gasteiger partial charge in [0.1, 0.15) is 19.0 Å². The van der Waals surface area contributed by atoms with Crippen molar-refractivity contribution in [1.29, 1.82) is 0 Å². The van der Waals surface area contributed by atoms with Gasteiger partial charge in [-0.15, -0.1) is 0 Å². The molecule has 7 nitrogen and oxygen atoms in total. The van der Waals surface area contributed by atoms with E-state index in [1.54, 1.807) is 18.2 Å². The maximum Gasteiger partial charge on any atom is 0.262 e. The molecule has 2 aliphatic heterocycles. The second-order valence-corrected chi connectivity index (χ2v) is 7.24. The summed E-state index contributed by atoms with van der Waals surface area (Å²) in [7, 11) is 0. The van der Waals surface area contributed by atoms with Gasteiger partial charge in [-0.25, -0.2) is 0 Å². The van der Waals surface area contributed by atoms with E-state index in [0.717, 1.165) is 29.9 Å². The Hall–Kier alpha value is -3.22. The quantitative estimate of drug-likeness (QED) is 0.852. The molecule has 0 radical (unpaired) electrons. The molecule has 0 saturated heterocycles. The van der Waals surface area contributed by atoms with Crippen LogP contribution in [0.15, 0.2) is 36.4 Å². The molecule has 28 heavy (non-hydrogen) atoms. The Bertz CT molecular complexity index is 954. The standard InChI is InChI=1S/C21H20N2O5/c24-19-11-28-17-10-14(3-5-15(17)22-19)21(25)23-20(12-1-2-12)13-4-6-16-18(9-13)27-8-7-26-16/h3-6,9-10,12,20H,1-2,7-8,11H2,(H,22,24)(H,23,25). The van der Waals surface area contributed by atoms with Gasteiger partial charge < -0.3 is 24.8 Å². The smallest absolute Gasteiger partial charge is 0.262 e. The van der Waals surface area contributed by atoms with E-state index in [-0.39, 0.29) is 24.5 Å². The largest absolute Gasteiger partial charge is 0.486 e. The van der Waals surface area contributed by atoms with Gasteiger partial charge in [0.2, 0.25) is 0 Å². The lowest BCUT2D eigenvalue weighted by molar-refractivity contribution is -0.118. The first-order chi connectivity index (χ1) is 13.7. The van der Waals surface area contributed by atoms with E-state index >= 15 is 0 Å². The molecule has 2 aromatic rings. The molecule has 5 rings (SSSR count). The summed E-state index contributed by atoms with van der Waals surface area (Å²) < 4.78 is 16.7. The van der Waals surface area contributed by atoms with Crippen molar-refractivity contribution in [1.82, 2.24) is 5.32 Å². The van der Waals surface area contributed by atoms with Gasteiger partial charge in [0, 0.05) is 5.56 Å². The summed E-state index contributed by atoms with van der Waals surface area (Å²) >= 11 is 0. The predicted octanol–water partition coefficient (Wildman–Crippen LogP) is 2.67. The maximum atomic E-state index is 12.9. The summed E-state index contributed by atoms with van der Waals surface area (Å²) in [6, 6.07) is 10.8. The first kappa shape index (κ1) is 16.9. The van der Waals surface area contributed by atoms with Crippen molar-refractivity contribution < 1.29 is 23.8 Å². The number of rotatable bonds is 4. The second kappa shape index (κ2) is 6.74. The number of amides is 2. The summed E-state index contributed by atoms with van der Waals surface area (Å²) in [4.78, 5) is 24.3. The van der Waals surface area contributed by atoms with Crippen LogP contribution in [0.5, 0.6) is 17.2 Å². The van der Waals surface area contributed by atoms with Gasteiger partial charge in [-0.1, -0.05) is 6.07 Å². The molecule has 0 bridgehead atoms. The molecule has 1 aliphatic carbocycles. The van der Waals surface area contributed by atoms with Crippen LogP contribution in [0, 0.1) is 5.92 Å². The highest BCUT2D eigenvalue weighted by Gasteiger charge is 2.34. The number of fused-ring (bicyclic) bond motifs is 2. The third-order valence-electron chi connectivity index (χ3n) is 5.18. The van der Waals surface area contributed by atoms with Crippen LogP contribution in [0.2, 0.25) is 0 Å². The molecule has 2 amide bonds. The van der Waals surface area contributed by atoms with E-state index in [1.165, 1.54) is 0 Å². The van der Waals surface area contributed by atoms with Crippen LogP contribution in [0.25, 0.3) is 0 Å². The Morgan fingerprint density at radius 2 is 1.82 bits per heavy atom. The van der Waals surface area contributed by atoms with Crippen LogP contribution in [0.4, 0.5) is 5.69 Å². The van der Waals surface area contributed by atoms with Crippen LogP contribution in [-0.4, -0.2) is 31.6 Å². The Labute approximate surface area is 162 Å². The molecule has 2 N–H and O–H groups in total. The average Bonchev–Trinajstić information content (AvgIpc) is 3.56. The fraction of sp³-hybridized carbons (Fsp3) is 0.333. The van der Waals surface area contributed by atoms with E-state index < -0.39 is 0 Å². The number of carbonyl (C=O) groups is 2. The van der Waals surface area contributed by atoms with Crippen LogP contribution in [-0.2, 0) is 4.79 Å². The van der Waals surface area contributed by atoms with Crippen molar-refractivity contribution in [2.45, 2.75) is 18.9 Å². The Morgan fingerprint density at radius 1 is 1.00 bits per heavy atom. The fourth-order valence-corrected chi connectivity index (χ4v) is 3.60. The predicted molar refractivity (Wildman–Crippen MR) is 101 cm³/mol. The zero-order valence-corrected chi connectivity index (χ0v) is 15.2. The molecule has 144 valence electrons. The van der Waals surface area contributed by atoms with Crippen molar-refractivity contribution in [3.8, 4) is 17.2 Å². The van der Waals surface area contributed by atoms with Crippen LogP contribution < -0.4 is 24.8 Å². The number of carbonyl (C=O) groups excluding carboxylic acids is 2.